The molecule has 1 aliphatic carbocycles. The van der Waals surface area contributed by atoms with Crippen LogP contribution in [0, 0.1) is 5.41 Å². The van der Waals surface area contributed by atoms with E-state index in [1.165, 1.54) is 43.9 Å². The molecular formula is C17H31IN6O2. The zero-order valence-electron chi connectivity index (χ0n) is 16.0. The van der Waals surface area contributed by atoms with Crippen molar-refractivity contribution in [1.82, 2.24) is 25.6 Å². The van der Waals surface area contributed by atoms with E-state index >= 15 is 0 Å². The maximum atomic E-state index is 11.3. The van der Waals surface area contributed by atoms with E-state index in [4.69, 9.17) is 0 Å². The van der Waals surface area contributed by atoms with Crippen LogP contribution in [0.25, 0.3) is 0 Å². The first-order valence-electron chi connectivity index (χ1n) is 9.09. The predicted molar refractivity (Wildman–Crippen MR) is 111 cm³/mol. The van der Waals surface area contributed by atoms with E-state index < -0.39 is 0 Å². The third-order valence-corrected chi connectivity index (χ3v) is 4.89. The van der Waals surface area contributed by atoms with Crippen LogP contribution in [0.2, 0.25) is 0 Å². The van der Waals surface area contributed by atoms with Gasteiger partial charge in [0.2, 0.25) is 0 Å². The molecule has 26 heavy (non-hydrogen) atoms. The summed E-state index contributed by atoms with van der Waals surface area (Å²) in [4.78, 5) is 15.8. The summed E-state index contributed by atoms with van der Waals surface area (Å²) in [6.07, 6.45) is 8.14. The van der Waals surface area contributed by atoms with Gasteiger partial charge < -0.3 is 15.4 Å². The van der Waals surface area contributed by atoms with E-state index in [0.29, 0.717) is 17.7 Å². The minimum absolute atomic E-state index is 0. The van der Waals surface area contributed by atoms with Gasteiger partial charge in [0, 0.05) is 13.1 Å². The molecule has 9 heteroatoms. The van der Waals surface area contributed by atoms with Crippen molar-refractivity contribution >= 4 is 35.9 Å². The Hall–Kier alpha value is -1.39. The van der Waals surface area contributed by atoms with Gasteiger partial charge in [-0.2, -0.15) is 0 Å². The molecule has 0 spiro atoms. The highest BCUT2D eigenvalue weighted by Crippen LogP contribution is 2.40. The van der Waals surface area contributed by atoms with Crippen LogP contribution in [0.5, 0.6) is 0 Å². The fraction of sp³-hybridized carbons (Fsp3) is 0.765. The summed E-state index contributed by atoms with van der Waals surface area (Å²) in [6, 6.07) is 0. The minimum atomic E-state index is -0.351. The van der Waals surface area contributed by atoms with Gasteiger partial charge in [-0.05, 0) is 31.6 Å². The summed E-state index contributed by atoms with van der Waals surface area (Å²) < 4.78 is 6.08. The van der Waals surface area contributed by atoms with Gasteiger partial charge in [0.15, 0.2) is 5.96 Å². The molecule has 2 N–H and O–H groups in total. The molecule has 1 aliphatic rings. The smallest absolute Gasteiger partial charge is 0.327 e. The van der Waals surface area contributed by atoms with Gasteiger partial charge in [-0.25, -0.2) is 9.67 Å². The van der Waals surface area contributed by atoms with Crippen LogP contribution in [-0.2, 0) is 22.6 Å². The quantitative estimate of drug-likeness (QED) is 0.257. The number of hydrogen-bond donors (Lipinski definition) is 2. The number of esters is 1. The first kappa shape index (κ1) is 22.7. The third-order valence-electron chi connectivity index (χ3n) is 4.89. The molecule has 1 aromatic rings. The van der Waals surface area contributed by atoms with Crippen LogP contribution in [0.15, 0.2) is 11.2 Å². The molecule has 0 saturated heterocycles. The molecule has 0 bridgehead atoms. The zero-order chi connectivity index (χ0) is 18.1. The van der Waals surface area contributed by atoms with Crippen molar-refractivity contribution in [2.75, 3.05) is 20.2 Å². The van der Waals surface area contributed by atoms with E-state index in [9.17, 15) is 4.79 Å². The molecule has 2 rings (SSSR count). The normalized spacial score (nSPS) is 16.0. The molecule has 0 aromatic carbocycles. The van der Waals surface area contributed by atoms with Crippen molar-refractivity contribution in [2.24, 2.45) is 10.4 Å². The number of carbonyl (C=O) groups excluding carboxylic acids is 1. The van der Waals surface area contributed by atoms with Crippen LogP contribution in [0.3, 0.4) is 0 Å². The van der Waals surface area contributed by atoms with Gasteiger partial charge in [-0.15, -0.1) is 29.1 Å². The number of hydrogen-bond acceptors (Lipinski definition) is 5. The molecule has 0 amide bonds. The average molecular weight is 478 g/mol. The number of carbonyl (C=O) groups is 1. The fourth-order valence-corrected chi connectivity index (χ4v) is 3.24. The number of aromatic nitrogens is 3. The van der Waals surface area contributed by atoms with Crippen LogP contribution in [0.4, 0.5) is 0 Å². The topological polar surface area (TPSA) is 93.4 Å². The lowest BCUT2D eigenvalue weighted by Crippen LogP contribution is -2.42. The van der Waals surface area contributed by atoms with E-state index in [2.05, 4.69) is 44.5 Å². The van der Waals surface area contributed by atoms with E-state index in [0.717, 1.165) is 19.0 Å². The lowest BCUT2D eigenvalue weighted by Gasteiger charge is -2.28. The Balaban J connectivity index is 0.00000338. The Morgan fingerprint density at radius 3 is 2.69 bits per heavy atom. The van der Waals surface area contributed by atoms with Gasteiger partial charge in [-0.3, -0.25) is 4.79 Å². The van der Waals surface area contributed by atoms with Crippen molar-refractivity contribution in [3.05, 3.63) is 11.9 Å². The van der Waals surface area contributed by atoms with E-state index in [-0.39, 0.29) is 36.5 Å². The Kier molecular flexibility index (Phi) is 9.89. The minimum Gasteiger partial charge on any atom is -0.468 e. The summed E-state index contributed by atoms with van der Waals surface area (Å²) >= 11 is 0. The summed E-state index contributed by atoms with van der Waals surface area (Å²) in [5, 5.41) is 14.7. The standard InChI is InChI=1S/C17H30N6O2.HI/c1-4-17(8-6-7-9-17)13-20-16(18-5-2)19-10-14-11-23(22-21-14)12-15(24)25-3;/h11H,4-10,12-13H2,1-3H3,(H2,18,19,20);1H. The highest BCUT2D eigenvalue weighted by atomic mass is 127. The number of nitrogens with zero attached hydrogens (tertiary/aromatic N) is 4. The lowest BCUT2D eigenvalue weighted by molar-refractivity contribution is -0.141. The second-order valence-electron chi connectivity index (χ2n) is 6.59. The van der Waals surface area contributed by atoms with Crippen LogP contribution < -0.4 is 10.6 Å². The van der Waals surface area contributed by atoms with Crippen molar-refractivity contribution in [2.45, 2.75) is 59.0 Å². The number of halogens is 1. The first-order valence-corrected chi connectivity index (χ1v) is 9.09. The maximum absolute atomic E-state index is 11.3. The van der Waals surface area contributed by atoms with Crippen molar-refractivity contribution in [3.63, 3.8) is 0 Å². The van der Waals surface area contributed by atoms with Gasteiger partial charge >= 0.3 is 5.97 Å². The number of methoxy groups -OCH3 is 1. The summed E-state index contributed by atoms with van der Waals surface area (Å²) in [7, 11) is 1.35. The van der Waals surface area contributed by atoms with Gasteiger partial charge in [0.25, 0.3) is 0 Å². The third kappa shape index (κ3) is 6.73. The molecule has 0 radical (unpaired) electrons. The second kappa shape index (κ2) is 11.3. The Bertz CT molecular complexity index is 584. The van der Waals surface area contributed by atoms with E-state index in [1.807, 2.05) is 0 Å². The summed E-state index contributed by atoms with van der Waals surface area (Å²) in [6.45, 7) is 6.55. The number of ether oxygens (including phenoxy) is 1. The molecule has 8 nitrogen and oxygen atoms in total. The van der Waals surface area contributed by atoms with Crippen LogP contribution in [0.1, 0.15) is 51.6 Å². The number of aliphatic imine (C=N–C) groups is 1. The van der Waals surface area contributed by atoms with Gasteiger partial charge in [0.05, 0.1) is 19.9 Å². The molecule has 0 aliphatic heterocycles. The molecular weight excluding hydrogens is 447 g/mol. The van der Waals surface area contributed by atoms with E-state index in [1.54, 1.807) is 6.20 Å². The molecule has 1 aromatic heterocycles. The monoisotopic (exact) mass is 478 g/mol. The molecule has 1 heterocycles. The number of rotatable bonds is 8. The Labute approximate surface area is 172 Å². The van der Waals surface area contributed by atoms with Crippen molar-refractivity contribution in [3.8, 4) is 0 Å². The van der Waals surface area contributed by atoms with Crippen LogP contribution >= 0.6 is 24.0 Å². The SMILES string of the molecule is CCNC(=NCc1cn(CC(=O)OC)nn1)NCC1(CC)CCCC1.I. The van der Waals surface area contributed by atoms with Crippen molar-refractivity contribution < 1.29 is 9.53 Å². The highest BCUT2D eigenvalue weighted by molar-refractivity contribution is 14.0. The summed E-state index contributed by atoms with van der Waals surface area (Å²) in [5.74, 6) is 0.445. The van der Waals surface area contributed by atoms with Gasteiger partial charge in [0.1, 0.15) is 12.2 Å². The molecule has 0 atom stereocenters. The average Bonchev–Trinajstić information content (AvgIpc) is 3.27. The second-order valence-corrected chi connectivity index (χ2v) is 6.59. The van der Waals surface area contributed by atoms with Crippen LogP contribution in [-0.4, -0.2) is 47.1 Å². The molecule has 0 unspecified atom stereocenters. The maximum Gasteiger partial charge on any atom is 0.327 e. The highest BCUT2D eigenvalue weighted by Gasteiger charge is 2.31. The zero-order valence-corrected chi connectivity index (χ0v) is 18.3. The lowest BCUT2D eigenvalue weighted by atomic mass is 9.83. The number of guanidine groups is 1. The number of nitrogens with one attached hydrogen (secondary N) is 2. The summed E-state index contributed by atoms with van der Waals surface area (Å²) in [5.41, 5.74) is 1.12. The molecule has 148 valence electrons. The predicted octanol–water partition coefficient (Wildman–Crippen LogP) is 2.09. The molecule has 1 fully saturated rings. The Morgan fingerprint density at radius 1 is 1.35 bits per heavy atom. The fourth-order valence-electron chi connectivity index (χ4n) is 3.24. The largest absolute Gasteiger partial charge is 0.468 e. The van der Waals surface area contributed by atoms with Crippen molar-refractivity contribution in [1.29, 1.82) is 0 Å². The van der Waals surface area contributed by atoms with Gasteiger partial charge in [-0.1, -0.05) is 25.0 Å². The Morgan fingerprint density at radius 2 is 2.08 bits per heavy atom. The first-order chi connectivity index (χ1) is 12.1. The molecule has 1 saturated carbocycles.